The molecule has 1 N–H and O–H groups in total. The first-order chi connectivity index (χ1) is 10.9. The van der Waals surface area contributed by atoms with E-state index in [0.29, 0.717) is 23.2 Å². The van der Waals surface area contributed by atoms with Gasteiger partial charge in [0.15, 0.2) is 0 Å². The average molecular weight is 337 g/mol. The highest BCUT2D eigenvalue weighted by atomic mass is 35.5. The second kappa shape index (κ2) is 7.82. The van der Waals surface area contributed by atoms with Gasteiger partial charge in [0.2, 0.25) is 11.8 Å². The lowest BCUT2D eigenvalue weighted by atomic mass is 10.0. The molecule has 1 aromatic rings. The zero-order chi connectivity index (χ0) is 17.0. The Hall–Kier alpha value is -1.55. The highest BCUT2D eigenvalue weighted by Gasteiger charge is 2.36. The molecule has 1 aromatic carbocycles. The van der Waals surface area contributed by atoms with Crippen LogP contribution in [0.3, 0.4) is 0 Å². The summed E-state index contributed by atoms with van der Waals surface area (Å²) in [6, 6.07) is 7.37. The van der Waals surface area contributed by atoms with E-state index in [-0.39, 0.29) is 30.2 Å². The summed E-state index contributed by atoms with van der Waals surface area (Å²) in [5.41, 5.74) is 0.683. The van der Waals surface area contributed by atoms with Crippen molar-refractivity contribution in [2.24, 2.45) is 11.8 Å². The molecule has 1 aliphatic rings. The number of benzene rings is 1. The molecule has 126 valence electrons. The van der Waals surface area contributed by atoms with Gasteiger partial charge < -0.3 is 10.2 Å². The average Bonchev–Trinajstić information content (AvgIpc) is 2.87. The van der Waals surface area contributed by atoms with Gasteiger partial charge in [0.1, 0.15) is 0 Å². The topological polar surface area (TPSA) is 49.4 Å². The molecule has 0 radical (unpaired) electrons. The molecule has 5 heteroatoms. The van der Waals surface area contributed by atoms with Crippen LogP contribution in [0.15, 0.2) is 24.3 Å². The summed E-state index contributed by atoms with van der Waals surface area (Å²) in [4.78, 5) is 26.2. The van der Waals surface area contributed by atoms with Crippen molar-refractivity contribution in [2.75, 3.05) is 11.4 Å². The summed E-state index contributed by atoms with van der Waals surface area (Å²) < 4.78 is 0. The third kappa shape index (κ3) is 4.71. The van der Waals surface area contributed by atoms with Crippen molar-refractivity contribution >= 4 is 29.1 Å². The highest BCUT2D eigenvalue weighted by molar-refractivity contribution is 6.33. The molecule has 0 spiro atoms. The number of nitrogens with one attached hydrogen (secondary N) is 1. The van der Waals surface area contributed by atoms with Crippen molar-refractivity contribution in [1.29, 1.82) is 0 Å². The number of amides is 2. The zero-order valence-corrected chi connectivity index (χ0v) is 14.8. The number of halogens is 1. The summed E-state index contributed by atoms with van der Waals surface area (Å²) in [5.74, 6) is 0.232. The third-order valence-corrected chi connectivity index (χ3v) is 4.52. The van der Waals surface area contributed by atoms with Crippen LogP contribution >= 0.6 is 11.6 Å². The van der Waals surface area contributed by atoms with Crippen molar-refractivity contribution in [3.8, 4) is 0 Å². The van der Waals surface area contributed by atoms with E-state index in [0.717, 1.165) is 12.8 Å². The van der Waals surface area contributed by atoms with Crippen molar-refractivity contribution in [3.05, 3.63) is 29.3 Å². The summed E-state index contributed by atoms with van der Waals surface area (Å²) in [5, 5.41) is 3.57. The van der Waals surface area contributed by atoms with Crippen molar-refractivity contribution in [2.45, 2.75) is 46.1 Å². The lowest BCUT2D eigenvalue weighted by Crippen LogP contribution is -2.38. The Morgan fingerprint density at radius 3 is 2.65 bits per heavy atom. The maximum absolute atomic E-state index is 12.4. The maximum Gasteiger partial charge on any atom is 0.227 e. The minimum absolute atomic E-state index is 0.0378. The molecule has 0 saturated carbocycles. The predicted molar refractivity (Wildman–Crippen MR) is 93.6 cm³/mol. The summed E-state index contributed by atoms with van der Waals surface area (Å²) in [6.45, 7) is 6.76. The number of hydrogen-bond donors (Lipinski definition) is 1. The van der Waals surface area contributed by atoms with Gasteiger partial charge in [-0.2, -0.15) is 0 Å². The molecular weight excluding hydrogens is 312 g/mol. The van der Waals surface area contributed by atoms with Crippen LogP contribution < -0.4 is 10.2 Å². The van der Waals surface area contributed by atoms with Crippen molar-refractivity contribution in [3.63, 3.8) is 0 Å². The lowest BCUT2D eigenvalue weighted by molar-refractivity contribution is -0.126. The van der Waals surface area contributed by atoms with Crippen LogP contribution in [0.2, 0.25) is 5.02 Å². The molecule has 4 nitrogen and oxygen atoms in total. The number of carbonyl (C=O) groups excluding carboxylic acids is 2. The van der Waals surface area contributed by atoms with Crippen LogP contribution in [-0.2, 0) is 9.59 Å². The second-order valence-electron chi connectivity index (χ2n) is 6.74. The zero-order valence-electron chi connectivity index (χ0n) is 14.0. The quantitative estimate of drug-likeness (QED) is 0.862. The van der Waals surface area contributed by atoms with Crippen molar-refractivity contribution < 1.29 is 9.59 Å². The Balaban J connectivity index is 1.94. The van der Waals surface area contributed by atoms with Gasteiger partial charge in [-0.1, -0.05) is 37.6 Å². The van der Waals surface area contributed by atoms with Gasteiger partial charge in [0.25, 0.3) is 0 Å². The molecule has 1 saturated heterocycles. The highest BCUT2D eigenvalue weighted by Crippen LogP contribution is 2.31. The van der Waals surface area contributed by atoms with Gasteiger partial charge in [-0.25, -0.2) is 0 Å². The second-order valence-corrected chi connectivity index (χ2v) is 7.14. The summed E-state index contributed by atoms with van der Waals surface area (Å²) >= 11 is 6.16. The SMILES string of the molecule is CC(C)CCC(C)NC(=O)C1CC(=O)N(c2ccccc2Cl)C1. The lowest BCUT2D eigenvalue weighted by Gasteiger charge is -2.19. The van der Waals surface area contributed by atoms with E-state index in [2.05, 4.69) is 19.2 Å². The molecule has 1 fully saturated rings. The first-order valence-electron chi connectivity index (χ1n) is 8.23. The number of hydrogen-bond acceptors (Lipinski definition) is 2. The number of anilines is 1. The Morgan fingerprint density at radius 2 is 2.00 bits per heavy atom. The van der Waals surface area contributed by atoms with Crippen LogP contribution in [0.5, 0.6) is 0 Å². The number of carbonyl (C=O) groups is 2. The Kier molecular flexibility index (Phi) is 6.05. The molecular formula is C18H25ClN2O2. The minimum atomic E-state index is -0.305. The molecule has 2 amide bonds. The Morgan fingerprint density at radius 1 is 1.30 bits per heavy atom. The van der Waals surface area contributed by atoms with Crippen LogP contribution in [0.4, 0.5) is 5.69 Å². The monoisotopic (exact) mass is 336 g/mol. The first-order valence-corrected chi connectivity index (χ1v) is 8.61. The van der Waals surface area contributed by atoms with Crippen LogP contribution in [-0.4, -0.2) is 24.4 Å². The maximum atomic E-state index is 12.4. The number of nitrogens with zero attached hydrogens (tertiary/aromatic N) is 1. The number of rotatable bonds is 6. The van der Waals surface area contributed by atoms with Gasteiger partial charge in [0, 0.05) is 19.0 Å². The molecule has 2 atom stereocenters. The summed E-state index contributed by atoms with van der Waals surface area (Å²) in [7, 11) is 0. The fourth-order valence-corrected chi connectivity index (χ4v) is 3.04. The van der Waals surface area contributed by atoms with E-state index in [1.54, 1.807) is 11.0 Å². The smallest absolute Gasteiger partial charge is 0.227 e. The van der Waals surface area contributed by atoms with E-state index in [4.69, 9.17) is 11.6 Å². The first kappa shape index (κ1) is 17.8. The van der Waals surface area contributed by atoms with E-state index in [1.807, 2.05) is 25.1 Å². The predicted octanol–water partition coefficient (Wildman–Crippen LogP) is 3.63. The van der Waals surface area contributed by atoms with Crippen LogP contribution in [0.1, 0.15) is 40.0 Å². The summed E-state index contributed by atoms with van der Waals surface area (Å²) in [6.07, 6.45) is 2.28. The molecule has 2 unspecified atom stereocenters. The van der Waals surface area contributed by atoms with Gasteiger partial charge >= 0.3 is 0 Å². The van der Waals surface area contributed by atoms with Gasteiger partial charge in [-0.05, 0) is 37.8 Å². The van der Waals surface area contributed by atoms with Crippen LogP contribution in [0.25, 0.3) is 0 Å². The number of para-hydroxylation sites is 1. The molecule has 0 bridgehead atoms. The fraction of sp³-hybridized carbons (Fsp3) is 0.556. The molecule has 0 aliphatic carbocycles. The van der Waals surface area contributed by atoms with E-state index in [1.165, 1.54) is 0 Å². The normalized spacial score (nSPS) is 19.3. The molecule has 2 rings (SSSR count). The largest absolute Gasteiger partial charge is 0.353 e. The third-order valence-electron chi connectivity index (χ3n) is 4.20. The standard InChI is InChI=1S/C18H25ClN2O2/c1-12(2)8-9-13(3)20-18(23)14-10-17(22)21(11-14)16-7-5-4-6-15(16)19/h4-7,12-14H,8-11H2,1-3H3,(H,20,23). The van der Waals surface area contributed by atoms with Crippen LogP contribution in [0, 0.1) is 11.8 Å². The molecule has 23 heavy (non-hydrogen) atoms. The van der Waals surface area contributed by atoms with Gasteiger partial charge in [0.05, 0.1) is 16.6 Å². The van der Waals surface area contributed by atoms with E-state index >= 15 is 0 Å². The van der Waals surface area contributed by atoms with Crippen molar-refractivity contribution in [1.82, 2.24) is 5.32 Å². The van der Waals surface area contributed by atoms with E-state index in [9.17, 15) is 9.59 Å². The van der Waals surface area contributed by atoms with E-state index < -0.39 is 0 Å². The Labute approximate surface area is 143 Å². The Bertz CT molecular complexity index is 574. The fourth-order valence-electron chi connectivity index (χ4n) is 2.80. The molecule has 1 heterocycles. The molecule has 0 aromatic heterocycles. The molecule has 1 aliphatic heterocycles. The minimum Gasteiger partial charge on any atom is -0.353 e. The van der Waals surface area contributed by atoms with Gasteiger partial charge in [-0.15, -0.1) is 0 Å². The van der Waals surface area contributed by atoms with Gasteiger partial charge in [-0.3, -0.25) is 9.59 Å².